The van der Waals surface area contributed by atoms with Crippen molar-refractivity contribution < 1.29 is 23.5 Å². The summed E-state index contributed by atoms with van der Waals surface area (Å²) in [6.07, 6.45) is 4.51. The Morgan fingerprint density at radius 2 is 1.88 bits per heavy atom. The van der Waals surface area contributed by atoms with Crippen molar-refractivity contribution in [1.29, 1.82) is 0 Å². The van der Waals surface area contributed by atoms with Gasteiger partial charge >= 0.3 is 5.97 Å². The number of nitrogens with one attached hydrogen (secondary N) is 1. The lowest BCUT2D eigenvalue weighted by molar-refractivity contribution is -0.151. The molecule has 24 heavy (non-hydrogen) atoms. The Morgan fingerprint density at radius 1 is 1.17 bits per heavy atom. The van der Waals surface area contributed by atoms with Crippen LogP contribution in [0, 0.1) is 23.0 Å². The van der Waals surface area contributed by atoms with E-state index >= 15 is 0 Å². The van der Waals surface area contributed by atoms with Crippen LogP contribution in [0.3, 0.4) is 0 Å². The number of rotatable bonds is 5. The largest absolute Gasteiger partial charge is 0.481 e. The maximum Gasteiger partial charge on any atom is 0.311 e. The van der Waals surface area contributed by atoms with Gasteiger partial charge in [0.15, 0.2) is 11.6 Å². The van der Waals surface area contributed by atoms with E-state index in [4.69, 9.17) is 0 Å². The highest BCUT2D eigenvalue weighted by molar-refractivity contribution is 5.84. The predicted molar refractivity (Wildman–Crippen MR) is 83.4 cm³/mol. The molecule has 2 saturated carbocycles. The van der Waals surface area contributed by atoms with Crippen molar-refractivity contribution in [3.8, 4) is 0 Å². The summed E-state index contributed by atoms with van der Waals surface area (Å²) in [7, 11) is 0. The fourth-order valence-electron chi connectivity index (χ4n) is 3.68. The van der Waals surface area contributed by atoms with Crippen LogP contribution in [0.4, 0.5) is 8.78 Å². The summed E-state index contributed by atoms with van der Waals surface area (Å²) < 4.78 is 26.3. The number of amides is 1. The monoisotopic (exact) mass is 337 g/mol. The Labute approximate surface area is 139 Å². The van der Waals surface area contributed by atoms with Crippen LogP contribution in [-0.4, -0.2) is 23.5 Å². The van der Waals surface area contributed by atoms with E-state index in [2.05, 4.69) is 5.32 Å². The standard InChI is InChI=1S/C18H21F2NO3/c19-14-5-4-11(8-15(14)20)12-9-13(12)16(22)21-10-18(17(23)24)6-2-1-3-7-18/h4-5,8,12-13H,1-3,6-7,9-10H2,(H,21,22)(H,23,24). The lowest BCUT2D eigenvalue weighted by atomic mass is 9.74. The Kier molecular flexibility index (Phi) is 4.56. The van der Waals surface area contributed by atoms with Crippen molar-refractivity contribution in [2.24, 2.45) is 11.3 Å². The number of benzene rings is 1. The summed E-state index contributed by atoms with van der Waals surface area (Å²) >= 11 is 0. The molecule has 130 valence electrons. The van der Waals surface area contributed by atoms with Crippen LogP contribution in [0.25, 0.3) is 0 Å². The van der Waals surface area contributed by atoms with Crippen molar-refractivity contribution in [2.45, 2.75) is 44.4 Å². The Balaban J connectivity index is 1.58. The Bertz CT molecular complexity index is 656. The minimum atomic E-state index is -0.911. The average Bonchev–Trinajstić information content (AvgIpc) is 3.36. The molecule has 0 radical (unpaired) electrons. The molecule has 6 heteroatoms. The lowest BCUT2D eigenvalue weighted by Crippen LogP contribution is -2.44. The molecule has 0 spiro atoms. The quantitative estimate of drug-likeness (QED) is 0.867. The van der Waals surface area contributed by atoms with E-state index in [1.165, 1.54) is 6.07 Å². The van der Waals surface area contributed by atoms with Crippen molar-refractivity contribution in [3.63, 3.8) is 0 Å². The van der Waals surface area contributed by atoms with Gasteiger partial charge in [0.25, 0.3) is 0 Å². The van der Waals surface area contributed by atoms with Crippen molar-refractivity contribution in [3.05, 3.63) is 35.4 Å². The van der Waals surface area contributed by atoms with Crippen molar-refractivity contribution >= 4 is 11.9 Å². The van der Waals surface area contributed by atoms with Gasteiger partial charge in [-0.15, -0.1) is 0 Å². The normalized spacial score (nSPS) is 25.1. The molecular formula is C18H21F2NO3. The first-order valence-corrected chi connectivity index (χ1v) is 8.39. The van der Waals surface area contributed by atoms with Crippen molar-refractivity contribution in [1.82, 2.24) is 5.32 Å². The van der Waals surface area contributed by atoms with E-state index in [0.29, 0.717) is 24.8 Å². The number of carbonyl (C=O) groups excluding carboxylic acids is 1. The topological polar surface area (TPSA) is 66.4 Å². The number of hydrogen-bond donors (Lipinski definition) is 2. The molecular weight excluding hydrogens is 316 g/mol. The van der Waals surface area contributed by atoms with Gasteiger partial charge in [-0.25, -0.2) is 8.78 Å². The summed E-state index contributed by atoms with van der Waals surface area (Å²) in [5.41, 5.74) is -0.250. The summed E-state index contributed by atoms with van der Waals surface area (Å²) in [6.45, 7) is 0.141. The zero-order valence-corrected chi connectivity index (χ0v) is 13.4. The zero-order valence-electron chi connectivity index (χ0n) is 13.4. The number of hydrogen-bond acceptors (Lipinski definition) is 2. The van der Waals surface area contributed by atoms with E-state index < -0.39 is 23.0 Å². The molecule has 3 rings (SSSR count). The number of carboxylic acids is 1. The number of halogens is 2. The third-order valence-corrected chi connectivity index (χ3v) is 5.36. The molecule has 0 saturated heterocycles. The summed E-state index contributed by atoms with van der Waals surface area (Å²) in [4.78, 5) is 23.9. The number of aliphatic carboxylic acids is 1. The molecule has 2 unspecified atom stereocenters. The second kappa shape index (κ2) is 6.49. The second-order valence-corrected chi connectivity index (χ2v) is 6.99. The van der Waals surface area contributed by atoms with Crippen LogP contribution in [0.2, 0.25) is 0 Å². The first-order valence-electron chi connectivity index (χ1n) is 8.39. The van der Waals surface area contributed by atoms with Gasteiger partial charge in [-0.05, 0) is 42.9 Å². The van der Waals surface area contributed by atoms with E-state index in [0.717, 1.165) is 31.4 Å². The van der Waals surface area contributed by atoms with Gasteiger partial charge in [0.05, 0.1) is 5.41 Å². The van der Waals surface area contributed by atoms with Gasteiger partial charge in [0.2, 0.25) is 5.91 Å². The average molecular weight is 337 g/mol. The SMILES string of the molecule is O=C(NCC1(C(=O)O)CCCCC1)C1CC1c1ccc(F)c(F)c1. The number of carbonyl (C=O) groups is 2. The fraction of sp³-hybridized carbons (Fsp3) is 0.556. The second-order valence-electron chi connectivity index (χ2n) is 6.99. The molecule has 1 aromatic carbocycles. The molecule has 2 atom stereocenters. The molecule has 2 N–H and O–H groups in total. The van der Waals surface area contributed by atoms with Gasteiger partial charge < -0.3 is 10.4 Å². The van der Waals surface area contributed by atoms with Crippen LogP contribution in [0.15, 0.2) is 18.2 Å². The predicted octanol–water partition coefficient (Wildman–Crippen LogP) is 3.22. The molecule has 1 amide bonds. The molecule has 1 aromatic rings. The van der Waals surface area contributed by atoms with Crippen LogP contribution in [0.5, 0.6) is 0 Å². The summed E-state index contributed by atoms with van der Waals surface area (Å²) in [6, 6.07) is 3.70. The molecule has 0 aromatic heterocycles. The molecule has 2 aliphatic carbocycles. The molecule has 2 fully saturated rings. The smallest absolute Gasteiger partial charge is 0.311 e. The van der Waals surface area contributed by atoms with Gasteiger partial charge in [0.1, 0.15) is 0 Å². The highest BCUT2D eigenvalue weighted by Gasteiger charge is 2.46. The van der Waals surface area contributed by atoms with Crippen LogP contribution in [-0.2, 0) is 9.59 Å². The summed E-state index contributed by atoms with van der Waals surface area (Å²) in [5.74, 6) is -3.27. The first kappa shape index (κ1) is 16.9. The maximum absolute atomic E-state index is 13.3. The first-order chi connectivity index (χ1) is 11.4. The fourth-order valence-corrected chi connectivity index (χ4v) is 3.68. The van der Waals surface area contributed by atoms with Gasteiger partial charge in [0, 0.05) is 12.5 Å². The number of carboxylic acid groups (broad SMARTS) is 1. The van der Waals surface area contributed by atoms with E-state index in [1.807, 2.05) is 0 Å². The lowest BCUT2D eigenvalue weighted by Gasteiger charge is -2.33. The zero-order chi connectivity index (χ0) is 17.3. The van der Waals surface area contributed by atoms with Gasteiger partial charge in [-0.1, -0.05) is 25.3 Å². The van der Waals surface area contributed by atoms with Crippen LogP contribution < -0.4 is 5.32 Å². The van der Waals surface area contributed by atoms with Crippen LogP contribution >= 0.6 is 0 Å². The minimum absolute atomic E-state index is 0.118. The Morgan fingerprint density at radius 3 is 2.50 bits per heavy atom. The van der Waals surface area contributed by atoms with Gasteiger partial charge in [-0.3, -0.25) is 9.59 Å². The van der Waals surface area contributed by atoms with Crippen molar-refractivity contribution in [2.75, 3.05) is 6.54 Å². The van der Waals surface area contributed by atoms with Gasteiger partial charge in [-0.2, -0.15) is 0 Å². The molecule has 4 nitrogen and oxygen atoms in total. The van der Waals surface area contributed by atoms with Crippen LogP contribution in [0.1, 0.15) is 50.0 Å². The highest BCUT2D eigenvalue weighted by Crippen LogP contribution is 2.48. The molecule has 2 aliphatic rings. The molecule has 0 bridgehead atoms. The Hall–Kier alpha value is -1.98. The molecule has 0 aliphatic heterocycles. The van der Waals surface area contributed by atoms with E-state index in [-0.39, 0.29) is 24.3 Å². The highest BCUT2D eigenvalue weighted by atomic mass is 19.2. The maximum atomic E-state index is 13.3. The third kappa shape index (κ3) is 3.28. The van der Waals surface area contributed by atoms with E-state index in [9.17, 15) is 23.5 Å². The molecule has 0 heterocycles. The third-order valence-electron chi connectivity index (χ3n) is 5.36. The van der Waals surface area contributed by atoms with E-state index in [1.54, 1.807) is 0 Å². The summed E-state index contributed by atoms with van der Waals surface area (Å²) in [5, 5.41) is 12.3. The minimum Gasteiger partial charge on any atom is -0.481 e.